The number of carbonyl (C=O) groups is 2. The van der Waals surface area contributed by atoms with Gasteiger partial charge in [0, 0.05) is 35.6 Å². The Balaban J connectivity index is 1.58. The van der Waals surface area contributed by atoms with Crippen molar-refractivity contribution in [1.29, 1.82) is 0 Å². The molecule has 2 heterocycles. The normalized spacial score (nSPS) is 11.8. The Hall–Kier alpha value is -4.06. The second-order valence-corrected chi connectivity index (χ2v) is 8.58. The number of hydrogen-bond donors (Lipinski definition) is 1. The standard InChI is InChI=1S/C28H27N3O3/c1-19-8-11-25-23(16-19)28(34)24(27(33)22-12-14-29-15-13-22)17-31(25)18-26(32)30-20(2)9-10-21-6-4-3-5-7-21/h3-8,11-17,20H,9-10,18H2,1-2H3,(H,30,32)/t20-/m0/s1. The second-order valence-electron chi connectivity index (χ2n) is 8.58. The van der Waals surface area contributed by atoms with Gasteiger partial charge >= 0.3 is 0 Å². The van der Waals surface area contributed by atoms with Gasteiger partial charge in [-0.3, -0.25) is 19.4 Å². The molecule has 0 aliphatic heterocycles. The summed E-state index contributed by atoms with van der Waals surface area (Å²) in [7, 11) is 0. The molecule has 6 nitrogen and oxygen atoms in total. The molecule has 6 heteroatoms. The lowest BCUT2D eigenvalue weighted by Gasteiger charge is -2.17. The fraction of sp³-hybridized carbons (Fsp3) is 0.214. The van der Waals surface area contributed by atoms with Crippen LogP contribution < -0.4 is 10.7 Å². The molecule has 4 rings (SSSR count). The van der Waals surface area contributed by atoms with Gasteiger partial charge < -0.3 is 9.88 Å². The van der Waals surface area contributed by atoms with Crippen molar-refractivity contribution in [3.63, 3.8) is 0 Å². The zero-order chi connectivity index (χ0) is 24.1. The van der Waals surface area contributed by atoms with Gasteiger partial charge in [0.05, 0.1) is 11.1 Å². The lowest BCUT2D eigenvalue weighted by atomic mass is 10.0. The van der Waals surface area contributed by atoms with E-state index >= 15 is 0 Å². The first-order chi connectivity index (χ1) is 16.4. The maximum atomic E-state index is 13.2. The van der Waals surface area contributed by atoms with Crippen molar-refractivity contribution in [3.05, 3.63) is 112 Å². The molecule has 34 heavy (non-hydrogen) atoms. The highest BCUT2D eigenvalue weighted by Gasteiger charge is 2.19. The molecule has 0 saturated heterocycles. The van der Waals surface area contributed by atoms with E-state index in [4.69, 9.17) is 0 Å². The van der Waals surface area contributed by atoms with E-state index in [2.05, 4.69) is 22.4 Å². The van der Waals surface area contributed by atoms with Crippen LogP contribution in [-0.2, 0) is 17.8 Å². The van der Waals surface area contributed by atoms with Crippen LogP contribution in [0.25, 0.3) is 10.9 Å². The van der Waals surface area contributed by atoms with Gasteiger partial charge in [-0.2, -0.15) is 0 Å². The van der Waals surface area contributed by atoms with Crippen molar-refractivity contribution in [2.75, 3.05) is 0 Å². The number of ketones is 1. The Morgan fingerprint density at radius 2 is 1.76 bits per heavy atom. The number of benzene rings is 2. The summed E-state index contributed by atoms with van der Waals surface area (Å²) in [5, 5.41) is 3.46. The summed E-state index contributed by atoms with van der Waals surface area (Å²) in [5.41, 5.74) is 2.83. The van der Waals surface area contributed by atoms with Crippen molar-refractivity contribution in [3.8, 4) is 0 Å². The molecular weight excluding hydrogens is 426 g/mol. The molecule has 4 aromatic rings. The minimum Gasteiger partial charge on any atom is -0.352 e. The molecule has 2 aromatic heterocycles. The first kappa shape index (κ1) is 23.1. The summed E-state index contributed by atoms with van der Waals surface area (Å²) in [6.45, 7) is 3.87. The summed E-state index contributed by atoms with van der Waals surface area (Å²) in [6, 6.07) is 18.8. The first-order valence-electron chi connectivity index (χ1n) is 11.3. The number of pyridine rings is 2. The molecule has 0 spiro atoms. The van der Waals surface area contributed by atoms with Crippen molar-refractivity contribution in [2.24, 2.45) is 0 Å². The SMILES string of the molecule is Cc1ccc2c(c1)c(=O)c(C(=O)c1ccncc1)cn2CC(=O)N[C@@H](C)CCc1ccccc1. The molecule has 0 aliphatic rings. The Morgan fingerprint density at radius 3 is 2.50 bits per heavy atom. The number of carbonyl (C=O) groups excluding carboxylic acids is 2. The zero-order valence-electron chi connectivity index (χ0n) is 19.3. The third-order valence-corrected chi connectivity index (χ3v) is 5.85. The van der Waals surface area contributed by atoms with E-state index in [1.165, 1.54) is 24.2 Å². The Morgan fingerprint density at radius 1 is 1.03 bits per heavy atom. The van der Waals surface area contributed by atoms with Crippen molar-refractivity contribution < 1.29 is 9.59 Å². The maximum Gasteiger partial charge on any atom is 0.240 e. The number of aromatic nitrogens is 2. The van der Waals surface area contributed by atoms with E-state index in [9.17, 15) is 14.4 Å². The summed E-state index contributed by atoms with van der Waals surface area (Å²) >= 11 is 0. The van der Waals surface area contributed by atoms with Gasteiger partial charge in [0.2, 0.25) is 11.3 Å². The van der Waals surface area contributed by atoms with E-state index in [0.29, 0.717) is 16.5 Å². The van der Waals surface area contributed by atoms with Gasteiger partial charge in [0.25, 0.3) is 0 Å². The molecule has 0 radical (unpaired) electrons. The van der Waals surface area contributed by atoms with Gasteiger partial charge in [-0.25, -0.2) is 0 Å². The molecule has 2 aromatic carbocycles. The highest BCUT2D eigenvalue weighted by molar-refractivity contribution is 6.10. The van der Waals surface area contributed by atoms with Crippen LogP contribution >= 0.6 is 0 Å². The third kappa shape index (κ3) is 5.29. The van der Waals surface area contributed by atoms with Crippen LogP contribution in [0, 0.1) is 6.92 Å². The number of aryl methyl sites for hydroxylation is 2. The molecule has 1 amide bonds. The predicted octanol–water partition coefficient (Wildman–Crippen LogP) is 4.07. The molecular formula is C28H27N3O3. The number of hydrogen-bond acceptors (Lipinski definition) is 4. The van der Waals surface area contributed by atoms with Crippen molar-refractivity contribution in [1.82, 2.24) is 14.9 Å². The molecule has 172 valence electrons. The summed E-state index contributed by atoms with van der Waals surface area (Å²) in [6.07, 6.45) is 6.21. The van der Waals surface area contributed by atoms with Crippen molar-refractivity contribution in [2.45, 2.75) is 39.3 Å². The van der Waals surface area contributed by atoms with Gasteiger partial charge in [-0.1, -0.05) is 42.0 Å². The summed E-state index contributed by atoms with van der Waals surface area (Å²) in [4.78, 5) is 43.1. The summed E-state index contributed by atoms with van der Waals surface area (Å²) in [5.74, 6) is -0.561. The molecule has 0 saturated carbocycles. The average Bonchev–Trinajstić information content (AvgIpc) is 2.85. The molecule has 0 bridgehead atoms. The fourth-order valence-corrected chi connectivity index (χ4v) is 4.04. The number of amides is 1. The van der Waals surface area contributed by atoms with E-state index < -0.39 is 0 Å². The largest absolute Gasteiger partial charge is 0.352 e. The van der Waals surface area contributed by atoms with Gasteiger partial charge in [-0.15, -0.1) is 0 Å². The van der Waals surface area contributed by atoms with Crippen LogP contribution in [0.3, 0.4) is 0 Å². The minimum absolute atomic E-state index is 0.00609. The number of rotatable bonds is 8. The number of nitrogens with zero attached hydrogens (tertiary/aromatic N) is 2. The van der Waals surface area contributed by atoms with Crippen LogP contribution in [-0.4, -0.2) is 27.3 Å². The lowest BCUT2D eigenvalue weighted by molar-refractivity contribution is -0.122. The minimum atomic E-state index is -0.388. The van der Waals surface area contributed by atoms with Crippen molar-refractivity contribution >= 4 is 22.6 Å². The Bertz CT molecular complexity index is 1380. The summed E-state index contributed by atoms with van der Waals surface area (Å²) < 4.78 is 1.68. The zero-order valence-corrected chi connectivity index (χ0v) is 19.3. The van der Waals surface area contributed by atoms with Crippen LogP contribution in [0.2, 0.25) is 0 Å². The first-order valence-corrected chi connectivity index (χ1v) is 11.3. The maximum absolute atomic E-state index is 13.2. The lowest BCUT2D eigenvalue weighted by Crippen LogP contribution is -2.36. The van der Waals surface area contributed by atoms with E-state index in [1.54, 1.807) is 22.8 Å². The molecule has 0 unspecified atom stereocenters. The molecule has 0 aliphatic carbocycles. The topological polar surface area (TPSA) is 81.1 Å². The number of nitrogens with one attached hydrogen (secondary N) is 1. The molecule has 0 fully saturated rings. The molecule has 1 N–H and O–H groups in total. The van der Waals surface area contributed by atoms with Gasteiger partial charge in [0.15, 0.2) is 5.78 Å². The quantitative estimate of drug-likeness (QED) is 0.408. The average molecular weight is 454 g/mol. The van der Waals surface area contributed by atoms with Crippen LogP contribution in [0.4, 0.5) is 0 Å². The highest BCUT2D eigenvalue weighted by atomic mass is 16.2. The second kappa shape index (κ2) is 10.3. The monoisotopic (exact) mass is 453 g/mol. The van der Waals surface area contributed by atoms with Crippen LogP contribution in [0.1, 0.15) is 40.4 Å². The van der Waals surface area contributed by atoms with Crippen LogP contribution in [0.5, 0.6) is 0 Å². The van der Waals surface area contributed by atoms with Gasteiger partial charge in [0.1, 0.15) is 6.54 Å². The Labute approximate surface area is 198 Å². The van der Waals surface area contributed by atoms with Gasteiger partial charge in [-0.05, 0) is 56.5 Å². The Kier molecular flexibility index (Phi) is 6.97. The fourth-order valence-electron chi connectivity index (χ4n) is 4.04. The van der Waals surface area contributed by atoms with Crippen LogP contribution in [0.15, 0.2) is 84.0 Å². The van der Waals surface area contributed by atoms with E-state index in [-0.39, 0.29) is 35.3 Å². The number of fused-ring (bicyclic) bond motifs is 1. The van der Waals surface area contributed by atoms with E-state index in [0.717, 1.165) is 18.4 Å². The van der Waals surface area contributed by atoms with E-state index in [1.807, 2.05) is 44.2 Å². The molecule has 1 atom stereocenters. The highest BCUT2D eigenvalue weighted by Crippen LogP contribution is 2.16. The predicted molar refractivity (Wildman–Crippen MR) is 133 cm³/mol. The third-order valence-electron chi connectivity index (χ3n) is 5.85. The smallest absolute Gasteiger partial charge is 0.240 e.